The van der Waals surface area contributed by atoms with Crippen molar-refractivity contribution in [1.29, 1.82) is 0 Å². The molecule has 1 aliphatic rings. The second-order valence-corrected chi connectivity index (χ2v) is 5.46. The maximum Gasteiger partial charge on any atom is 0.237 e. The maximum atomic E-state index is 12.0. The molecule has 1 rings (SSSR count). The summed E-state index contributed by atoms with van der Waals surface area (Å²) in [7, 11) is 0. The van der Waals surface area contributed by atoms with Crippen molar-refractivity contribution < 1.29 is 4.79 Å². The molecule has 0 aromatic heterocycles. The summed E-state index contributed by atoms with van der Waals surface area (Å²) < 4.78 is 0. The highest BCUT2D eigenvalue weighted by Gasteiger charge is 2.34. The highest BCUT2D eigenvalue weighted by atomic mass is 16.2. The molecule has 3 N–H and O–H groups in total. The van der Waals surface area contributed by atoms with Gasteiger partial charge in [-0.05, 0) is 40.2 Å². The molecule has 1 unspecified atom stereocenters. The molecule has 1 saturated heterocycles. The van der Waals surface area contributed by atoms with Gasteiger partial charge in [0.2, 0.25) is 5.91 Å². The molecular formula is C12H25N3O. The van der Waals surface area contributed by atoms with Gasteiger partial charge in [0, 0.05) is 18.6 Å². The highest BCUT2D eigenvalue weighted by molar-refractivity contribution is 5.81. The lowest BCUT2D eigenvalue weighted by Gasteiger charge is -2.43. The summed E-state index contributed by atoms with van der Waals surface area (Å²) in [5.41, 5.74) is 5.46. The third-order valence-electron chi connectivity index (χ3n) is 3.11. The van der Waals surface area contributed by atoms with E-state index in [9.17, 15) is 4.79 Å². The van der Waals surface area contributed by atoms with E-state index in [0.717, 1.165) is 19.4 Å². The zero-order chi connectivity index (χ0) is 12.2. The first kappa shape index (κ1) is 13.5. The third-order valence-corrected chi connectivity index (χ3v) is 3.11. The number of likely N-dealkylation sites (tertiary alicyclic amines) is 1. The zero-order valence-electron chi connectivity index (χ0n) is 10.8. The summed E-state index contributed by atoms with van der Waals surface area (Å²) in [4.78, 5) is 14.3. The van der Waals surface area contributed by atoms with Gasteiger partial charge in [-0.25, -0.2) is 0 Å². The van der Waals surface area contributed by atoms with Crippen LogP contribution in [0.5, 0.6) is 0 Å². The number of nitrogens with one attached hydrogen (secondary N) is 1. The van der Waals surface area contributed by atoms with Crippen LogP contribution < -0.4 is 11.1 Å². The Labute approximate surface area is 98.6 Å². The van der Waals surface area contributed by atoms with Crippen LogP contribution in [0.2, 0.25) is 0 Å². The van der Waals surface area contributed by atoms with Crippen molar-refractivity contribution in [1.82, 2.24) is 10.2 Å². The van der Waals surface area contributed by atoms with Gasteiger partial charge in [-0.15, -0.1) is 0 Å². The molecular weight excluding hydrogens is 202 g/mol. The topological polar surface area (TPSA) is 58.4 Å². The molecule has 1 amide bonds. The van der Waals surface area contributed by atoms with E-state index in [2.05, 4.69) is 31.0 Å². The Morgan fingerprint density at radius 2 is 2.12 bits per heavy atom. The van der Waals surface area contributed by atoms with Crippen molar-refractivity contribution in [3.8, 4) is 0 Å². The van der Waals surface area contributed by atoms with E-state index in [1.807, 2.05) is 0 Å². The Morgan fingerprint density at radius 1 is 1.44 bits per heavy atom. The van der Waals surface area contributed by atoms with Gasteiger partial charge in [-0.3, -0.25) is 9.69 Å². The molecule has 0 aromatic carbocycles. The van der Waals surface area contributed by atoms with Crippen LogP contribution in [-0.4, -0.2) is 42.0 Å². The number of nitrogens with two attached hydrogens (primary N) is 1. The molecule has 4 nitrogen and oxygen atoms in total. The highest BCUT2D eigenvalue weighted by Crippen LogP contribution is 2.25. The van der Waals surface area contributed by atoms with Crippen LogP contribution in [0.4, 0.5) is 0 Å². The fourth-order valence-electron chi connectivity index (χ4n) is 2.32. The van der Waals surface area contributed by atoms with Crippen LogP contribution >= 0.6 is 0 Å². The van der Waals surface area contributed by atoms with Crippen LogP contribution in [-0.2, 0) is 4.79 Å². The number of nitrogens with zero attached hydrogens (tertiary/aromatic N) is 1. The Kier molecular flexibility index (Phi) is 4.74. The Bertz CT molecular complexity index is 235. The minimum absolute atomic E-state index is 0.0281. The summed E-state index contributed by atoms with van der Waals surface area (Å²) in [6.45, 7) is 8.61. The van der Waals surface area contributed by atoms with Gasteiger partial charge >= 0.3 is 0 Å². The van der Waals surface area contributed by atoms with Crippen molar-refractivity contribution in [2.24, 2.45) is 5.73 Å². The van der Waals surface area contributed by atoms with Gasteiger partial charge < -0.3 is 11.1 Å². The number of hydrogen-bond acceptors (Lipinski definition) is 3. The van der Waals surface area contributed by atoms with Gasteiger partial charge in [-0.1, -0.05) is 6.42 Å². The van der Waals surface area contributed by atoms with E-state index in [1.165, 1.54) is 6.42 Å². The van der Waals surface area contributed by atoms with Gasteiger partial charge in [-0.2, -0.15) is 0 Å². The molecule has 1 heterocycles. The lowest BCUT2D eigenvalue weighted by atomic mass is 9.94. The van der Waals surface area contributed by atoms with Crippen molar-refractivity contribution >= 4 is 5.91 Å². The van der Waals surface area contributed by atoms with Crippen LogP contribution in [0, 0.1) is 0 Å². The molecule has 0 saturated carbocycles. The fraction of sp³-hybridized carbons (Fsp3) is 0.917. The van der Waals surface area contributed by atoms with E-state index < -0.39 is 0 Å². The first-order valence-electron chi connectivity index (χ1n) is 6.21. The normalized spacial score (nSPS) is 23.1. The van der Waals surface area contributed by atoms with Crippen molar-refractivity contribution in [2.75, 3.05) is 19.6 Å². The van der Waals surface area contributed by atoms with Crippen LogP contribution in [0.25, 0.3) is 0 Å². The van der Waals surface area contributed by atoms with Crippen LogP contribution in [0.3, 0.4) is 0 Å². The number of carbonyl (C=O) groups is 1. The van der Waals surface area contributed by atoms with Gasteiger partial charge in [0.05, 0.1) is 6.04 Å². The predicted octanol–water partition coefficient (Wildman–Crippen LogP) is 0.714. The van der Waals surface area contributed by atoms with E-state index in [4.69, 9.17) is 5.73 Å². The van der Waals surface area contributed by atoms with E-state index in [1.54, 1.807) is 0 Å². The molecule has 0 aliphatic carbocycles. The van der Waals surface area contributed by atoms with Gasteiger partial charge in [0.25, 0.3) is 0 Å². The maximum absolute atomic E-state index is 12.0. The zero-order valence-corrected chi connectivity index (χ0v) is 10.8. The monoisotopic (exact) mass is 227 g/mol. The average Bonchev–Trinajstić information content (AvgIpc) is 2.24. The Balaban J connectivity index is 2.63. The predicted molar refractivity (Wildman–Crippen MR) is 66.2 cm³/mol. The molecule has 0 aromatic rings. The summed E-state index contributed by atoms with van der Waals surface area (Å²) >= 11 is 0. The minimum Gasteiger partial charge on any atom is -0.353 e. The van der Waals surface area contributed by atoms with E-state index >= 15 is 0 Å². The second kappa shape index (κ2) is 5.64. The molecule has 4 heteroatoms. The number of piperidine rings is 1. The number of rotatable bonds is 3. The Morgan fingerprint density at radius 3 is 2.69 bits per heavy atom. The number of carbonyl (C=O) groups excluding carboxylic acids is 1. The molecule has 1 fully saturated rings. The number of hydrogen-bond donors (Lipinski definition) is 2. The quantitative estimate of drug-likeness (QED) is 0.747. The smallest absolute Gasteiger partial charge is 0.237 e. The van der Waals surface area contributed by atoms with E-state index in [-0.39, 0.29) is 17.5 Å². The molecule has 0 bridgehead atoms. The van der Waals surface area contributed by atoms with Crippen LogP contribution in [0.15, 0.2) is 0 Å². The lowest BCUT2D eigenvalue weighted by Crippen LogP contribution is -2.56. The van der Waals surface area contributed by atoms with Crippen molar-refractivity contribution in [3.63, 3.8) is 0 Å². The second-order valence-electron chi connectivity index (χ2n) is 5.46. The largest absolute Gasteiger partial charge is 0.353 e. The van der Waals surface area contributed by atoms with Gasteiger partial charge in [0.1, 0.15) is 0 Å². The number of amides is 1. The summed E-state index contributed by atoms with van der Waals surface area (Å²) in [6, 6.07) is 0.0281. The lowest BCUT2D eigenvalue weighted by molar-refractivity contribution is -0.130. The van der Waals surface area contributed by atoms with Gasteiger partial charge in [0.15, 0.2) is 0 Å². The standard InChI is InChI=1S/C12H25N3O/c1-12(2,3)15-9-5-4-6-10(15)11(16)14-8-7-13/h10H,4-9,13H2,1-3H3,(H,14,16). The first-order chi connectivity index (χ1) is 7.46. The average molecular weight is 227 g/mol. The van der Waals surface area contributed by atoms with E-state index in [0.29, 0.717) is 13.1 Å². The molecule has 94 valence electrons. The third kappa shape index (κ3) is 3.46. The van der Waals surface area contributed by atoms with Crippen LogP contribution in [0.1, 0.15) is 40.0 Å². The molecule has 0 spiro atoms. The summed E-state index contributed by atoms with van der Waals surface area (Å²) in [6.07, 6.45) is 3.30. The summed E-state index contributed by atoms with van der Waals surface area (Å²) in [5.74, 6) is 0.139. The molecule has 16 heavy (non-hydrogen) atoms. The fourth-order valence-corrected chi connectivity index (χ4v) is 2.32. The SMILES string of the molecule is CC(C)(C)N1CCCCC1C(=O)NCCN. The minimum atomic E-state index is 0.0281. The molecule has 1 atom stereocenters. The first-order valence-corrected chi connectivity index (χ1v) is 6.21. The van der Waals surface area contributed by atoms with Crippen molar-refractivity contribution in [2.45, 2.75) is 51.6 Å². The summed E-state index contributed by atoms with van der Waals surface area (Å²) in [5, 5.41) is 2.90. The molecule has 1 aliphatic heterocycles. The molecule has 0 radical (unpaired) electrons. The Hall–Kier alpha value is -0.610. The van der Waals surface area contributed by atoms with Crippen molar-refractivity contribution in [3.05, 3.63) is 0 Å².